The summed E-state index contributed by atoms with van der Waals surface area (Å²) >= 11 is 0. The van der Waals surface area contributed by atoms with E-state index < -0.39 is 11.8 Å². The molecular weight excluding hydrogens is 324 g/mol. The van der Waals surface area contributed by atoms with Crippen LogP contribution in [0.4, 0.5) is 4.79 Å². The van der Waals surface area contributed by atoms with Gasteiger partial charge in [0, 0.05) is 23.6 Å². The molecule has 1 saturated carbocycles. The lowest BCUT2D eigenvalue weighted by Crippen LogP contribution is -2.54. The van der Waals surface area contributed by atoms with Crippen LogP contribution >= 0.6 is 0 Å². The lowest BCUT2D eigenvalue weighted by atomic mass is 9.64. The summed E-state index contributed by atoms with van der Waals surface area (Å²) in [6.45, 7) is 4.70. The molecule has 0 N–H and O–H groups in total. The number of methoxy groups -OCH3 is 2. The number of fused-ring (bicyclic) bond motifs is 4. The maximum atomic E-state index is 11.7. The van der Waals surface area contributed by atoms with Crippen LogP contribution in [-0.4, -0.2) is 38.7 Å². The Morgan fingerprint density at radius 2 is 2.04 bits per heavy atom. The van der Waals surface area contributed by atoms with Gasteiger partial charge in [-0.25, -0.2) is 4.79 Å². The highest BCUT2D eigenvalue weighted by atomic mass is 16.8. The van der Waals surface area contributed by atoms with Gasteiger partial charge in [-0.2, -0.15) is 0 Å². The molecule has 2 aliphatic heterocycles. The van der Waals surface area contributed by atoms with Crippen LogP contribution in [0.3, 0.4) is 0 Å². The van der Waals surface area contributed by atoms with E-state index in [4.69, 9.17) is 23.7 Å². The molecule has 2 fully saturated rings. The largest absolute Gasteiger partial charge is 0.509 e. The van der Waals surface area contributed by atoms with Gasteiger partial charge in [0.2, 0.25) is 0 Å². The highest BCUT2D eigenvalue weighted by molar-refractivity contribution is 5.64. The van der Waals surface area contributed by atoms with Gasteiger partial charge in [-0.15, -0.1) is 0 Å². The van der Waals surface area contributed by atoms with Gasteiger partial charge in [0.05, 0.1) is 14.2 Å². The monoisotopic (exact) mass is 348 g/mol. The Balaban J connectivity index is 1.83. The highest BCUT2D eigenvalue weighted by Crippen LogP contribution is 2.58. The third-order valence-electron chi connectivity index (χ3n) is 5.90. The van der Waals surface area contributed by atoms with Crippen LogP contribution < -0.4 is 14.2 Å². The Labute approximate surface area is 147 Å². The van der Waals surface area contributed by atoms with E-state index in [0.29, 0.717) is 17.6 Å². The summed E-state index contributed by atoms with van der Waals surface area (Å²) in [5, 5.41) is 0. The number of carbonyl (C=O) groups excluding carboxylic acids is 1. The number of hydrogen-bond donors (Lipinski definition) is 0. The minimum Gasteiger partial charge on any atom is -0.496 e. The molecule has 1 spiro atoms. The zero-order chi connectivity index (χ0) is 17.8. The molecule has 6 nitrogen and oxygen atoms in total. The van der Waals surface area contributed by atoms with Crippen molar-refractivity contribution in [3.8, 4) is 17.2 Å². The number of benzene rings is 1. The van der Waals surface area contributed by atoms with E-state index in [2.05, 4.69) is 13.8 Å². The standard InChI is InChI=1S/C19H24O6/c1-10(2)12-5-6-19(9-23-18(20)25-19)17-15(12)16-13(22-4)7-11(21-3)8-14(16)24-17/h7-8,10,12,15,17H,5-6,9H2,1-4H3/t12-,15+,17-,19+/m1/s1. The first-order valence-corrected chi connectivity index (χ1v) is 8.77. The molecule has 1 saturated heterocycles. The molecule has 0 bridgehead atoms. The molecule has 1 aromatic carbocycles. The van der Waals surface area contributed by atoms with E-state index in [1.54, 1.807) is 14.2 Å². The van der Waals surface area contributed by atoms with Crippen molar-refractivity contribution < 1.29 is 28.5 Å². The molecule has 0 amide bonds. The molecule has 0 aromatic heterocycles. The van der Waals surface area contributed by atoms with E-state index in [1.165, 1.54) is 0 Å². The topological polar surface area (TPSA) is 63.2 Å². The zero-order valence-corrected chi connectivity index (χ0v) is 15.0. The predicted molar refractivity (Wildman–Crippen MR) is 89.4 cm³/mol. The SMILES string of the molecule is COc1cc(OC)c2c(c1)O[C@@H]1[C@H]2[C@@H](C(C)C)CC[C@]12COC(=O)O2. The second-order valence-corrected chi connectivity index (χ2v) is 7.46. The number of rotatable bonds is 3. The maximum absolute atomic E-state index is 11.7. The molecule has 3 aliphatic rings. The highest BCUT2D eigenvalue weighted by Gasteiger charge is 2.61. The number of cyclic esters (lactones) is 1. The fraction of sp³-hybridized carbons (Fsp3) is 0.632. The molecule has 1 aromatic rings. The summed E-state index contributed by atoms with van der Waals surface area (Å²) < 4.78 is 28.2. The third kappa shape index (κ3) is 2.34. The molecule has 0 radical (unpaired) electrons. The van der Waals surface area contributed by atoms with Crippen LogP contribution in [0.5, 0.6) is 17.2 Å². The van der Waals surface area contributed by atoms with E-state index >= 15 is 0 Å². The lowest BCUT2D eigenvalue weighted by molar-refractivity contribution is -0.0841. The quantitative estimate of drug-likeness (QED) is 0.779. The minimum atomic E-state index is -0.718. The van der Waals surface area contributed by atoms with Crippen LogP contribution in [0.2, 0.25) is 0 Å². The van der Waals surface area contributed by atoms with Crippen LogP contribution in [0.25, 0.3) is 0 Å². The molecule has 2 heterocycles. The van der Waals surface area contributed by atoms with Gasteiger partial charge in [0.1, 0.15) is 30.0 Å². The van der Waals surface area contributed by atoms with Crippen molar-refractivity contribution in [3.05, 3.63) is 17.7 Å². The van der Waals surface area contributed by atoms with E-state index in [1.807, 2.05) is 12.1 Å². The molecule has 0 unspecified atom stereocenters. The summed E-state index contributed by atoms with van der Waals surface area (Å²) in [4.78, 5) is 11.7. The van der Waals surface area contributed by atoms with Crippen molar-refractivity contribution in [1.82, 2.24) is 0 Å². The van der Waals surface area contributed by atoms with Crippen LogP contribution in [0.15, 0.2) is 12.1 Å². The van der Waals surface area contributed by atoms with Crippen molar-refractivity contribution >= 4 is 6.16 Å². The van der Waals surface area contributed by atoms with Gasteiger partial charge < -0.3 is 23.7 Å². The molecule has 4 atom stereocenters. The molecule has 1 aliphatic carbocycles. The van der Waals surface area contributed by atoms with Crippen molar-refractivity contribution in [2.24, 2.45) is 11.8 Å². The van der Waals surface area contributed by atoms with Crippen molar-refractivity contribution in [2.45, 2.75) is 44.3 Å². The van der Waals surface area contributed by atoms with Crippen molar-refractivity contribution in [1.29, 1.82) is 0 Å². The Hall–Kier alpha value is -2.11. The third-order valence-corrected chi connectivity index (χ3v) is 5.90. The van der Waals surface area contributed by atoms with Crippen molar-refractivity contribution in [3.63, 3.8) is 0 Å². The smallest absolute Gasteiger partial charge is 0.496 e. The van der Waals surface area contributed by atoms with Gasteiger partial charge >= 0.3 is 6.16 Å². The van der Waals surface area contributed by atoms with Crippen LogP contribution in [0.1, 0.15) is 38.2 Å². The first kappa shape index (κ1) is 16.4. The summed E-state index contributed by atoms with van der Waals surface area (Å²) in [7, 11) is 3.28. The van der Waals surface area contributed by atoms with E-state index in [0.717, 1.165) is 29.9 Å². The van der Waals surface area contributed by atoms with Gasteiger partial charge in [-0.1, -0.05) is 13.8 Å². The van der Waals surface area contributed by atoms with Gasteiger partial charge in [0.25, 0.3) is 0 Å². The fourth-order valence-electron chi connectivity index (χ4n) is 4.67. The maximum Gasteiger partial charge on any atom is 0.509 e. The minimum absolute atomic E-state index is 0.0964. The number of ether oxygens (including phenoxy) is 5. The summed E-state index contributed by atoms with van der Waals surface area (Å²) in [6, 6.07) is 3.78. The average molecular weight is 348 g/mol. The Morgan fingerprint density at radius 1 is 1.24 bits per heavy atom. The molecule has 136 valence electrons. The van der Waals surface area contributed by atoms with Crippen LogP contribution in [0, 0.1) is 11.8 Å². The molecule has 25 heavy (non-hydrogen) atoms. The van der Waals surface area contributed by atoms with Crippen LogP contribution in [-0.2, 0) is 9.47 Å². The van der Waals surface area contributed by atoms with Gasteiger partial charge in [0.15, 0.2) is 5.60 Å². The predicted octanol–water partition coefficient (Wildman–Crippen LogP) is 3.52. The van der Waals surface area contributed by atoms with E-state index in [9.17, 15) is 4.79 Å². The second-order valence-electron chi connectivity index (χ2n) is 7.46. The molecule has 6 heteroatoms. The first-order valence-electron chi connectivity index (χ1n) is 8.77. The number of carbonyl (C=O) groups is 1. The summed E-state index contributed by atoms with van der Waals surface area (Å²) in [5.41, 5.74) is 0.332. The van der Waals surface area contributed by atoms with Gasteiger partial charge in [-0.3, -0.25) is 0 Å². The first-order chi connectivity index (χ1) is 12.0. The van der Waals surface area contributed by atoms with E-state index in [-0.39, 0.29) is 18.6 Å². The second kappa shape index (κ2) is 5.71. The summed E-state index contributed by atoms with van der Waals surface area (Å²) in [5.74, 6) is 3.18. The van der Waals surface area contributed by atoms with Crippen molar-refractivity contribution in [2.75, 3.05) is 20.8 Å². The molecular formula is C19H24O6. The Bertz CT molecular complexity index is 699. The Kier molecular flexibility index (Phi) is 3.74. The number of hydrogen-bond acceptors (Lipinski definition) is 6. The average Bonchev–Trinajstić information content (AvgIpc) is 3.16. The molecule has 4 rings (SSSR count). The zero-order valence-electron chi connectivity index (χ0n) is 15.0. The van der Waals surface area contributed by atoms with Gasteiger partial charge in [-0.05, 0) is 24.7 Å². The summed E-state index contributed by atoms with van der Waals surface area (Å²) in [6.07, 6.45) is 0.825. The lowest BCUT2D eigenvalue weighted by Gasteiger charge is -2.44. The normalized spacial score (nSPS) is 32.7. The fourth-order valence-corrected chi connectivity index (χ4v) is 4.67. The Morgan fingerprint density at radius 3 is 2.64 bits per heavy atom.